The molecule has 0 saturated carbocycles. The fourth-order valence-electron chi connectivity index (χ4n) is 2.38. The summed E-state index contributed by atoms with van der Waals surface area (Å²) in [5.41, 5.74) is 5.15. The molecule has 0 radical (unpaired) electrons. The lowest BCUT2D eigenvalue weighted by molar-refractivity contribution is -0.149. The molecule has 0 saturated heterocycles. The molecular weight excluding hydrogens is 254 g/mol. The van der Waals surface area contributed by atoms with Crippen molar-refractivity contribution in [3.8, 4) is 0 Å². The predicted octanol–water partition coefficient (Wildman–Crippen LogP) is 1.32. The Morgan fingerprint density at radius 3 is 2.40 bits per heavy atom. The Balaban J connectivity index is 4.21. The number of hydrogen-bond donors (Lipinski definition) is 1. The lowest BCUT2D eigenvalue weighted by Crippen LogP contribution is -2.47. The number of ether oxygens (including phenoxy) is 1. The van der Waals surface area contributed by atoms with Gasteiger partial charge in [-0.05, 0) is 60.8 Å². The van der Waals surface area contributed by atoms with Crippen molar-refractivity contribution in [3.63, 3.8) is 0 Å². The molecule has 0 aromatic rings. The standard InChI is InChI=1S/C15H33N3O2/c1-7-18(13(3)12-17(5)6)11-9-10-15(4,16)14(19)20-8-2/h13H,7-12,16H2,1-6H3. The molecule has 0 aromatic heterocycles. The molecule has 0 amide bonds. The molecule has 0 aliphatic rings. The Morgan fingerprint density at radius 2 is 1.95 bits per heavy atom. The second kappa shape index (κ2) is 9.32. The molecule has 120 valence electrons. The first kappa shape index (κ1) is 19.4. The van der Waals surface area contributed by atoms with Crippen molar-refractivity contribution in [1.82, 2.24) is 9.80 Å². The Morgan fingerprint density at radius 1 is 1.35 bits per heavy atom. The van der Waals surface area contributed by atoms with Gasteiger partial charge in [0.15, 0.2) is 0 Å². The van der Waals surface area contributed by atoms with Crippen LogP contribution in [-0.2, 0) is 9.53 Å². The van der Waals surface area contributed by atoms with E-state index in [4.69, 9.17) is 10.5 Å². The van der Waals surface area contributed by atoms with Gasteiger partial charge in [0.25, 0.3) is 0 Å². The molecule has 0 aromatic carbocycles. The van der Waals surface area contributed by atoms with Crippen LogP contribution in [0.3, 0.4) is 0 Å². The third kappa shape index (κ3) is 7.22. The molecule has 2 atom stereocenters. The topological polar surface area (TPSA) is 58.8 Å². The zero-order chi connectivity index (χ0) is 15.8. The van der Waals surface area contributed by atoms with Crippen LogP contribution in [0.15, 0.2) is 0 Å². The molecule has 0 aliphatic carbocycles. The largest absolute Gasteiger partial charge is 0.465 e. The Hall–Kier alpha value is -0.650. The Labute approximate surface area is 124 Å². The summed E-state index contributed by atoms with van der Waals surface area (Å²) in [6.45, 7) is 11.3. The minimum Gasteiger partial charge on any atom is -0.465 e. The lowest BCUT2D eigenvalue weighted by atomic mass is 9.97. The van der Waals surface area contributed by atoms with E-state index in [0.29, 0.717) is 19.1 Å². The number of esters is 1. The predicted molar refractivity (Wildman–Crippen MR) is 83.7 cm³/mol. The van der Waals surface area contributed by atoms with Gasteiger partial charge in [-0.3, -0.25) is 9.69 Å². The third-order valence-electron chi connectivity index (χ3n) is 3.54. The van der Waals surface area contributed by atoms with Crippen LogP contribution in [0.1, 0.15) is 40.5 Å². The van der Waals surface area contributed by atoms with Crippen LogP contribution in [-0.4, -0.2) is 67.7 Å². The fraction of sp³-hybridized carbons (Fsp3) is 0.933. The maximum absolute atomic E-state index is 11.7. The first-order chi connectivity index (χ1) is 9.24. The number of carbonyl (C=O) groups excluding carboxylic acids is 1. The van der Waals surface area contributed by atoms with Gasteiger partial charge in [0.1, 0.15) is 5.54 Å². The van der Waals surface area contributed by atoms with Crippen LogP contribution < -0.4 is 5.73 Å². The summed E-state index contributed by atoms with van der Waals surface area (Å²) in [6.07, 6.45) is 1.55. The summed E-state index contributed by atoms with van der Waals surface area (Å²) in [4.78, 5) is 16.3. The first-order valence-electron chi connectivity index (χ1n) is 7.59. The second-order valence-electron chi connectivity index (χ2n) is 5.98. The van der Waals surface area contributed by atoms with Crippen LogP contribution in [0.25, 0.3) is 0 Å². The highest BCUT2D eigenvalue weighted by molar-refractivity contribution is 5.79. The number of carbonyl (C=O) groups is 1. The number of hydrogen-bond acceptors (Lipinski definition) is 5. The first-order valence-corrected chi connectivity index (χ1v) is 7.59. The minimum atomic E-state index is -0.875. The summed E-state index contributed by atoms with van der Waals surface area (Å²) in [7, 11) is 4.17. The SMILES string of the molecule is CCOC(=O)C(C)(N)CCCN(CC)C(C)CN(C)C. The summed E-state index contributed by atoms with van der Waals surface area (Å²) in [5.74, 6) is -0.301. The van der Waals surface area contributed by atoms with E-state index < -0.39 is 5.54 Å². The number of rotatable bonds is 10. The van der Waals surface area contributed by atoms with E-state index in [-0.39, 0.29) is 5.97 Å². The van der Waals surface area contributed by atoms with Gasteiger partial charge in [-0.15, -0.1) is 0 Å². The maximum atomic E-state index is 11.7. The van der Waals surface area contributed by atoms with Gasteiger partial charge in [-0.1, -0.05) is 6.92 Å². The zero-order valence-corrected chi connectivity index (χ0v) is 14.1. The summed E-state index contributed by atoms with van der Waals surface area (Å²) in [6, 6.07) is 0.502. The lowest BCUT2D eigenvalue weighted by Gasteiger charge is -2.31. The highest BCUT2D eigenvalue weighted by Crippen LogP contribution is 2.13. The molecule has 5 heteroatoms. The highest BCUT2D eigenvalue weighted by Gasteiger charge is 2.29. The Bertz CT molecular complexity index is 280. The van der Waals surface area contributed by atoms with E-state index in [1.54, 1.807) is 13.8 Å². The van der Waals surface area contributed by atoms with Gasteiger partial charge in [-0.25, -0.2) is 0 Å². The van der Waals surface area contributed by atoms with Gasteiger partial charge in [-0.2, -0.15) is 0 Å². The molecule has 2 unspecified atom stereocenters. The molecule has 0 bridgehead atoms. The molecule has 0 rings (SSSR count). The summed E-state index contributed by atoms with van der Waals surface area (Å²) < 4.78 is 5.01. The minimum absolute atomic E-state index is 0.301. The molecule has 0 fully saturated rings. The number of nitrogens with two attached hydrogens (primary N) is 1. The van der Waals surface area contributed by atoms with Crippen LogP contribution in [0, 0.1) is 0 Å². The van der Waals surface area contributed by atoms with E-state index in [9.17, 15) is 4.79 Å². The van der Waals surface area contributed by atoms with Crippen LogP contribution in [0.5, 0.6) is 0 Å². The van der Waals surface area contributed by atoms with Crippen molar-refractivity contribution in [2.45, 2.75) is 52.1 Å². The van der Waals surface area contributed by atoms with Crippen molar-refractivity contribution in [2.75, 3.05) is 40.3 Å². The van der Waals surface area contributed by atoms with Crippen LogP contribution in [0.4, 0.5) is 0 Å². The van der Waals surface area contributed by atoms with E-state index in [1.807, 2.05) is 0 Å². The maximum Gasteiger partial charge on any atom is 0.325 e. The van der Waals surface area contributed by atoms with Gasteiger partial charge in [0.05, 0.1) is 6.61 Å². The normalized spacial score (nSPS) is 16.2. The molecule has 20 heavy (non-hydrogen) atoms. The molecular formula is C15H33N3O2. The summed E-state index contributed by atoms with van der Waals surface area (Å²) in [5, 5.41) is 0. The second-order valence-corrected chi connectivity index (χ2v) is 5.98. The van der Waals surface area contributed by atoms with Crippen LogP contribution >= 0.6 is 0 Å². The van der Waals surface area contributed by atoms with Crippen molar-refractivity contribution in [2.24, 2.45) is 5.73 Å². The summed E-state index contributed by atoms with van der Waals surface area (Å²) >= 11 is 0. The highest BCUT2D eigenvalue weighted by atomic mass is 16.5. The monoisotopic (exact) mass is 287 g/mol. The van der Waals surface area contributed by atoms with E-state index in [2.05, 4.69) is 37.7 Å². The van der Waals surface area contributed by atoms with Crippen molar-refractivity contribution in [3.05, 3.63) is 0 Å². The quantitative estimate of drug-likeness (QED) is 0.614. The third-order valence-corrected chi connectivity index (χ3v) is 3.54. The van der Waals surface area contributed by atoms with E-state index in [0.717, 1.165) is 26.1 Å². The van der Waals surface area contributed by atoms with Gasteiger partial charge in [0.2, 0.25) is 0 Å². The fourth-order valence-corrected chi connectivity index (χ4v) is 2.38. The zero-order valence-electron chi connectivity index (χ0n) is 14.1. The van der Waals surface area contributed by atoms with Gasteiger partial charge in [0, 0.05) is 12.6 Å². The molecule has 5 nitrogen and oxygen atoms in total. The Kier molecular flexibility index (Phi) is 9.01. The molecule has 0 heterocycles. The molecule has 0 aliphatic heterocycles. The van der Waals surface area contributed by atoms with Gasteiger partial charge < -0.3 is 15.4 Å². The smallest absolute Gasteiger partial charge is 0.325 e. The van der Waals surface area contributed by atoms with Crippen molar-refractivity contribution >= 4 is 5.97 Å². The van der Waals surface area contributed by atoms with Gasteiger partial charge >= 0.3 is 5.97 Å². The van der Waals surface area contributed by atoms with E-state index in [1.165, 1.54) is 0 Å². The molecule has 2 N–H and O–H groups in total. The number of nitrogens with zero attached hydrogens (tertiary/aromatic N) is 2. The number of likely N-dealkylation sites (N-methyl/N-ethyl adjacent to an activating group) is 2. The van der Waals surface area contributed by atoms with E-state index >= 15 is 0 Å². The van der Waals surface area contributed by atoms with Crippen molar-refractivity contribution in [1.29, 1.82) is 0 Å². The van der Waals surface area contributed by atoms with Crippen LogP contribution in [0.2, 0.25) is 0 Å². The van der Waals surface area contributed by atoms with Crippen molar-refractivity contribution < 1.29 is 9.53 Å². The average Bonchev–Trinajstić information content (AvgIpc) is 2.33. The average molecular weight is 287 g/mol. The molecule has 0 spiro atoms.